The van der Waals surface area contributed by atoms with E-state index < -0.39 is 11.6 Å². The third-order valence-corrected chi connectivity index (χ3v) is 1.06. The van der Waals surface area contributed by atoms with Crippen molar-refractivity contribution in [3.63, 3.8) is 0 Å². The van der Waals surface area contributed by atoms with Crippen LogP contribution in [0.3, 0.4) is 0 Å². The van der Waals surface area contributed by atoms with Gasteiger partial charge in [-0.2, -0.15) is 0 Å². The minimum absolute atomic E-state index is 0.479. The predicted octanol–water partition coefficient (Wildman–Crippen LogP) is 1.35. The average Bonchev–Trinajstić information content (AvgIpc) is 1.65. The quantitative estimate of drug-likeness (QED) is 0.342. The van der Waals surface area contributed by atoms with E-state index in [4.69, 9.17) is 5.11 Å². The fraction of sp³-hybridized carbons (Fsp3) is 0.750. The van der Waals surface area contributed by atoms with Crippen molar-refractivity contribution in [1.82, 2.24) is 0 Å². The standard InChI is InChI=1S/C4H8O3S/c1-2-3(8)7-4(5)6/h3,8H,2H2,1H3,(H,5,6). The molecule has 0 rings (SSSR count). The zero-order valence-electron chi connectivity index (χ0n) is 4.50. The second kappa shape index (κ2) is 3.60. The molecule has 0 bridgehead atoms. The molecule has 0 aromatic carbocycles. The van der Waals surface area contributed by atoms with E-state index in [-0.39, 0.29) is 0 Å². The molecule has 0 aliphatic heterocycles. The highest BCUT2D eigenvalue weighted by atomic mass is 32.1. The first-order chi connectivity index (χ1) is 3.66. The smallest absolute Gasteiger partial charge is 0.450 e. The van der Waals surface area contributed by atoms with Crippen LogP contribution in [0.15, 0.2) is 0 Å². The van der Waals surface area contributed by atoms with E-state index >= 15 is 0 Å². The second-order valence-corrected chi connectivity index (χ2v) is 1.82. The van der Waals surface area contributed by atoms with Crippen molar-refractivity contribution in [2.45, 2.75) is 18.8 Å². The summed E-state index contributed by atoms with van der Waals surface area (Å²) in [6.07, 6.45) is -0.679. The third kappa shape index (κ3) is 3.80. The Morgan fingerprint density at radius 3 is 2.62 bits per heavy atom. The van der Waals surface area contributed by atoms with Gasteiger partial charge in [0, 0.05) is 0 Å². The molecule has 0 saturated heterocycles. The Hall–Kier alpha value is -0.380. The summed E-state index contributed by atoms with van der Waals surface area (Å²) in [5.41, 5.74) is -0.479. The molecule has 1 unspecified atom stereocenters. The van der Waals surface area contributed by atoms with Crippen LogP contribution in [-0.4, -0.2) is 16.7 Å². The van der Waals surface area contributed by atoms with E-state index in [0.29, 0.717) is 6.42 Å². The summed E-state index contributed by atoms with van der Waals surface area (Å²) in [4.78, 5) is 9.70. The SMILES string of the molecule is CCC(S)OC(=O)O. The number of carbonyl (C=O) groups is 1. The summed E-state index contributed by atoms with van der Waals surface area (Å²) in [7, 11) is 0. The molecule has 8 heavy (non-hydrogen) atoms. The Morgan fingerprint density at radius 2 is 2.50 bits per heavy atom. The first kappa shape index (κ1) is 7.62. The molecule has 4 heteroatoms. The van der Waals surface area contributed by atoms with E-state index in [9.17, 15) is 4.79 Å². The highest BCUT2D eigenvalue weighted by molar-refractivity contribution is 7.80. The summed E-state index contributed by atoms with van der Waals surface area (Å²) in [5, 5.41) is 7.94. The topological polar surface area (TPSA) is 46.5 Å². The van der Waals surface area contributed by atoms with Crippen LogP contribution in [0.4, 0.5) is 4.79 Å². The van der Waals surface area contributed by atoms with Gasteiger partial charge in [-0.05, 0) is 6.42 Å². The zero-order chi connectivity index (χ0) is 6.57. The molecule has 0 aromatic heterocycles. The van der Waals surface area contributed by atoms with Crippen LogP contribution >= 0.6 is 12.6 Å². The van der Waals surface area contributed by atoms with Crippen molar-refractivity contribution in [3.05, 3.63) is 0 Å². The van der Waals surface area contributed by atoms with Crippen molar-refractivity contribution in [2.24, 2.45) is 0 Å². The average molecular weight is 136 g/mol. The molecule has 1 atom stereocenters. The molecule has 0 aliphatic carbocycles. The van der Waals surface area contributed by atoms with Gasteiger partial charge in [0.15, 0.2) is 0 Å². The Kier molecular flexibility index (Phi) is 3.43. The number of carboxylic acid groups (broad SMARTS) is 1. The van der Waals surface area contributed by atoms with Crippen molar-refractivity contribution in [2.75, 3.05) is 0 Å². The van der Waals surface area contributed by atoms with Gasteiger partial charge in [-0.3, -0.25) is 0 Å². The number of hydrogen-bond acceptors (Lipinski definition) is 3. The molecular formula is C4H8O3S. The van der Waals surface area contributed by atoms with Gasteiger partial charge in [0.2, 0.25) is 0 Å². The molecule has 1 N–H and O–H groups in total. The molecule has 0 spiro atoms. The Morgan fingerprint density at radius 1 is 2.00 bits per heavy atom. The number of thiol groups is 1. The zero-order valence-corrected chi connectivity index (χ0v) is 5.39. The van der Waals surface area contributed by atoms with Crippen LogP contribution in [0.1, 0.15) is 13.3 Å². The van der Waals surface area contributed by atoms with Crippen LogP contribution in [0.5, 0.6) is 0 Å². The summed E-state index contributed by atoms with van der Waals surface area (Å²) in [5.74, 6) is 0. The largest absolute Gasteiger partial charge is 0.506 e. The van der Waals surface area contributed by atoms with E-state index in [1.54, 1.807) is 6.92 Å². The van der Waals surface area contributed by atoms with Gasteiger partial charge >= 0.3 is 6.16 Å². The van der Waals surface area contributed by atoms with Gasteiger partial charge in [-0.15, -0.1) is 12.6 Å². The van der Waals surface area contributed by atoms with Crippen LogP contribution in [0, 0.1) is 0 Å². The van der Waals surface area contributed by atoms with E-state index in [1.165, 1.54) is 0 Å². The number of hydrogen-bond donors (Lipinski definition) is 2. The third-order valence-electron chi connectivity index (χ3n) is 0.586. The van der Waals surface area contributed by atoms with Gasteiger partial charge < -0.3 is 9.84 Å². The maximum absolute atomic E-state index is 9.70. The summed E-state index contributed by atoms with van der Waals surface area (Å²) in [6, 6.07) is 0. The van der Waals surface area contributed by atoms with Gasteiger partial charge in [0.05, 0.1) is 0 Å². The van der Waals surface area contributed by atoms with Gasteiger partial charge in [-0.25, -0.2) is 4.79 Å². The van der Waals surface area contributed by atoms with Crippen LogP contribution in [0.2, 0.25) is 0 Å². The monoisotopic (exact) mass is 136 g/mol. The van der Waals surface area contributed by atoms with E-state index in [1.807, 2.05) is 0 Å². The normalized spacial score (nSPS) is 12.8. The maximum Gasteiger partial charge on any atom is 0.506 e. The second-order valence-electron chi connectivity index (χ2n) is 1.25. The lowest BCUT2D eigenvalue weighted by Gasteiger charge is -2.03. The summed E-state index contributed by atoms with van der Waals surface area (Å²) >= 11 is 3.77. The summed E-state index contributed by atoms with van der Waals surface area (Å²) in [6.45, 7) is 1.79. The lowest BCUT2D eigenvalue weighted by molar-refractivity contribution is 0.0818. The van der Waals surface area contributed by atoms with Crippen molar-refractivity contribution < 1.29 is 14.6 Å². The molecule has 0 amide bonds. The molecule has 0 aliphatic rings. The predicted molar refractivity (Wildman–Crippen MR) is 32.2 cm³/mol. The van der Waals surface area contributed by atoms with Gasteiger partial charge in [0.1, 0.15) is 5.44 Å². The Labute approximate surface area is 53.1 Å². The molecule has 0 fully saturated rings. The molecule has 48 valence electrons. The van der Waals surface area contributed by atoms with Gasteiger partial charge in [-0.1, -0.05) is 6.92 Å². The van der Waals surface area contributed by atoms with Crippen molar-refractivity contribution in [3.8, 4) is 0 Å². The van der Waals surface area contributed by atoms with E-state index in [0.717, 1.165) is 0 Å². The first-order valence-corrected chi connectivity index (χ1v) is 2.76. The number of rotatable bonds is 2. The molecule has 0 heterocycles. The van der Waals surface area contributed by atoms with E-state index in [2.05, 4.69) is 17.4 Å². The highest BCUT2D eigenvalue weighted by Gasteiger charge is 2.02. The molecule has 0 saturated carbocycles. The molecule has 0 radical (unpaired) electrons. The number of ether oxygens (including phenoxy) is 1. The van der Waals surface area contributed by atoms with Crippen molar-refractivity contribution in [1.29, 1.82) is 0 Å². The summed E-state index contributed by atoms with van der Waals surface area (Å²) < 4.78 is 4.18. The van der Waals surface area contributed by atoms with Crippen molar-refractivity contribution >= 4 is 18.8 Å². The molecule has 0 aromatic rings. The maximum atomic E-state index is 9.70. The fourth-order valence-corrected chi connectivity index (χ4v) is 0.290. The Balaban J connectivity index is 3.24. The molecule has 3 nitrogen and oxygen atoms in total. The van der Waals surface area contributed by atoms with Crippen LogP contribution < -0.4 is 0 Å². The molecular weight excluding hydrogens is 128 g/mol. The van der Waals surface area contributed by atoms with Crippen LogP contribution in [0.25, 0.3) is 0 Å². The fourth-order valence-electron chi connectivity index (χ4n) is 0.200. The minimum atomic E-state index is -1.27. The minimum Gasteiger partial charge on any atom is -0.450 e. The lowest BCUT2D eigenvalue weighted by Crippen LogP contribution is -2.08. The van der Waals surface area contributed by atoms with Gasteiger partial charge in [0.25, 0.3) is 0 Å². The highest BCUT2D eigenvalue weighted by Crippen LogP contribution is 2.01. The lowest BCUT2D eigenvalue weighted by atomic mass is 10.5. The van der Waals surface area contributed by atoms with Crippen LogP contribution in [-0.2, 0) is 4.74 Å². The first-order valence-electron chi connectivity index (χ1n) is 2.24. The Bertz CT molecular complexity index is 83.4.